The zero-order valence-corrected chi connectivity index (χ0v) is 53.2. The number of nitrogens with one attached hydrogen (secondary N) is 1. The Balaban J connectivity index is 3.37. The second-order valence-corrected chi connectivity index (χ2v) is 24.9. The quantitative estimate of drug-likeness (QED) is 0.0320. The van der Waals surface area contributed by atoms with Gasteiger partial charge in [0.2, 0.25) is 5.91 Å². The van der Waals surface area contributed by atoms with E-state index in [0.29, 0.717) is 25.9 Å². The topological polar surface area (TPSA) is 95.9 Å². The van der Waals surface area contributed by atoms with Gasteiger partial charge in [-0.05, 0) is 51.4 Å². The summed E-state index contributed by atoms with van der Waals surface area (Å²) in [6.07, 6.45) is 84.0. The number of hydrogen-bond acceptors (Lipinski definition) is 5. The minimum Gasteiger partial charge on any atom is -0.466 e. The molecule has 0 rings (SSSR count). The average molecular weight is 1100 g/mol. The van der Waals surface area contributed by atoms with Crippen LogP contribution < -0.4 is 5.32 Å². The predicted octanol–water partition coefficient (Wildman–Crippen LogP) is 23.1. The maximum Gasteiger partial charge on any atom is 0.305 e. The number of ether oxygens (including phenoxy) is 1. The van der Waals surface area contributed by atoms with Crippen molar-refractivity contribution in [2.45, 2.75) is 424 Å². The molecular weight excluding hydrogens is 959 g/mol. The van der Waals surface area contributed by atoms with Crippen LogP contribution in [0.4, 0.5) is 0 Å². The molecule has 6 nitrogen and oxygen atoms in total. The summed E-state index contributed by atoms with van der Waals surface area (Å²) in [5.74, 6) is -0.0204. The number of allylic oxidation sites excluding steroid dienone is 2. The highest BCUT2D eigenvalue weighted by Crippen LogP contribution is 2.19. The third-order valence-electron chi connectivity index (χ3n) is 17.1. The van der Waals surface area contributed by atoms with Gasteiger partial charge < -0.3 is 20.3 Å². The van der Waals surface area contributed by atoms with Crippen LogP contribution in [0, 0.1) is 0 Å². The van der Waals surface area contributed by atoms with Gasteiger partial charge in [0.05, 0.1) is 25.4 Å². The first-order chi connectivity index (χ1) is 38.5. The fraction of sp³-hybridized carbons (Fsp3) is 0.944. The van der Waals surface area contributed by atoms with Crippen LogP contribution in [-0.2, 0) is 14.3 Å². The van der Waals surface area contributed by atoms with Crippen LogP contribution in [0.25, 0.3) is 0 Å². The van der Waals surface area contributed by atoms with E-state index in [1.54, 1.807) is 0 Å². The number of hydrogen-bond donors (Lipinski definition) is 3. The molecule has 0 saturated carbocycles. The Kier molecular flexibility index (Phi) is 66.9. The highest BCUT2D eigenvalue weighted by molar-refractivity contribution is 5.76. The van der Waals surface area contributed by atoms with Gasteiger partial charge in [-0.15, -0.1) is 0 Å². The summed E-state index contributed by atoms with van der Waals surface area (Å²) >= 11 is 0. The molecule has 0 fully saturated rings. The zero-order valence-electron chi connectivity index (χ0n) is 53.2. The lowest BCUT2D eigenvalue weighted by atomic mass is 10.0. The maximum absolute atomic E-state index is 12.6. The highest BCUT2D eigenvalue weighted by Gasteiger charge is 2.20. The Labute approximate surface area is 489 Å². The molecule has 2 unspecified atom stereocenters. The molecule has 0 aliphatic rings. The van der Waals surface area contributed by atoms with Crippen molar-refractivity contribution in [3.05, 3.63) is 12.2 Å². The lowest BCUT2D eigenvalue weighted by molar-refractivity contribution is -0.143. The molecule has 0 saturated heterocycles. The Bertz CT molecular complexity index is 1180. The van der Waals surface area contributed by atoms with Crippen LogP contribution in [0.1, 0.15) is 412 Å². The van der Waals surface area contributed by atoms with E-state index in [1.807, 2.05) is 0 Å². The molecule has 6 heteroatoms. The first-order valence-electron chi connectivity index (χ1n) is 35.9. The Morgan fingerprint density at radius 3 is 0.910 bits per heavy atom. The van der Waals surface area contributed by atoms with E-state index in [0.717, 1.165) is 44.9 Å². The van der Waals surface area contributed by atoms with Gasteiger partial charge in [0.25, 0.3) is 0 Å². The van der Waals surface area contributed by atoms with Crippen LogP contribution in [0.15, 0.2) is 12.2 Å². The van der Waals surface area contributed by atoms with E-state index in [2.05, 4.69) is 31.3 Å². The van der Waals surface area contributed by atoms with Crippen LogP contribution in [0.2, 0.25) is 0 Å². The van der Waals surface area contributed by atoms with Gasteiger partial charge in [0.1, 0.15) is 0 Å². The molecular formula is C72H141NO5. The molecule has 1 amide bonds. The Morgan fingerprint density at radius 2 is 0.603 bits per heavy atom. The normalized spacial score (nSPS) is 12.5. The summed E-state index contributed by atoms with van der Waals surface area (Å²) in [5.41, 5.74) is 0. The van der Waals surface area contributed by atoms with Crippen molar-refractivity contribution in [1.82, 2.24) is 5.32 Å². The van der Waals surface area contributed by atoms with Crippen molar-refractivity contribution in [1.29, 1.82) is 0 Å². The third-order valence-corrected chi connectivity index (χ3v) is 17.1. The first kappa shape index (κ1) is 76.6. The number of aliphatic hydroxyl groups is 2. The summed E-state index contributed by atoms with van der Waals surface area (Å²) < 4.78 is 5.49. The van der Waals surface area contributed by atoms with E-state index in [1.165, 1.54) is 334 Å². The molecule has 0 aliphatic carbocycles. The van der Waals surface area contributed by atoms with Crippen molar-refractivity contribution >= 4 is 11.9 Å². The SMILES string of the molecule is CCCCCCC/C=C\CCCCCCCC(=O)OCCCCCCCCCCCCCCCCCCCCCCCCCCC(=O)NC(CO)C(O)CCCCCCCCCCCCCCCCCCCCCCCCC. The Morgan fingerprint density at radius 1 is 0.346 bits per heavy atom. The van der Waals surface area contributed by atoms with E-state index < -0.39 is 12.1 Å². The minimum atomic E-state index is -0.664. The fourth-order valence-electron chi connectivity index (χ4n) is 11.6. The maximum atomic E-state index is 12.6. The van der Waals surface area contributed by atoms with Gasteiger partial charge in [0, 0.05) is 12.8 Å². The van der Waals surface area contributed by atoms with Crippen molar-refractivity contribution in [2.75, 3.05) is 13.2 Å². The number of carbonyl (C=O) groups excluding carboxylic acids is 2. The minimum absolute atomic E-state index is 0.00814. The van der Waals surface area contributed by atoms with Crippen molar-refractivity contribution in [2.24, 2.45) is 0 Å². The number of aliphatic hydroxyl groups excluding tert-OH is 2. The first-order valence-corrected chi connectivity index (χ1v) is 35.9. The molecule has 0 radical (unpaired) electrons. The van der Waals surface area contributed by atoms with E-state index in [4.69, 9.17) is 4.74 Å². The molecule has 464 valence electrons. The van der Waals surface area contributed by atoms with E-state index in [-0.39, 0.29) is 18.5 Å². The number of amides is 1. The number of rotatable bonds is 68. The average Bonchev–Trinajstić information content (AvgIpc) is 3.44. The summed E-state index contributed by atoms with van der Waals surface area (Å²) in [4.78, 5) is 24.6. The number of unbranched alkanes of at least 4 members (excludes halogenated alkanes) is 55. The van der Waals surface area contributed by atoms with Gasteiger partial charge in [-0.2, -0.15) is 0 Å². The predicted molar refractivity (Wildman–Crippen MR) is 343 cm³/mol. The third kappa shape index (κ3) is 63.8. The zero-order chi connectivity index (χ0) is 56.4. The molecule has 0 aliphatic heterocycles. The standard InChI is InChI=1S/C72H141NO5/c1-3-5-7-9-11-13-15-17-19-20-21-22-25-28-31-34-37-40-44-48-52-56-60-64-70(75)69(68-74)73-71(76)65-61-57-53-49-45-41-38-35-32-29-26-23-24-27-30-33-36-39-43-47-51-55-59-63-67-78-72(77)66-62-58-54-50-46-42-18-16-14-12-10-8-6-4-2/h16,18,69-70,74-75H,3-15,17,19-68H2,1-2H3,(H,73,76)/b18-16-. The molecule has 3 N–H and O–H groups in total. The van der Waals surface area contributed by atoms with Gasteiger partial charge in [-0.3, -0.25) is 9.59 Å². The summed E-state index contributed by atoms with van der Waals surface area (Å²) in [6.45, 7) is 4.99. The van der Waals surface area contributed by atoms with Crippen molar-refractivity contribution < 1.29 is 24.5 Å². The van der Waals surface area contributed by atoms with Crippen LogP contribution in [0.3, 0.4) is 0 Å². The largest absolute Gasteiger partial charge is 0.466 e. The molecule has 0 aromatic heterocycles. The van der Waals surface area contributed by atoms with Crippen molar-refractivity contribution in [3.8, 4) is 0 Å². The molecule has 2 atom stereocenters. The summed E-state index contributed by atoms with van der Waals surface area (Å²) in [5, 5.41) is 23.4. The van der Waals surface area contributed by atoms with Crippen LogP contribution in [-0.4, -0.2) is 47.4 Å². The van der Waals surface area contributed by atoms with Gasteiger partial charge in [0.15, 0.2) is 0 Å². The van der Waals surface area contributed by atoms with E-state index >= 15 is 0 Å². The second kappa shape index (κ2) is 68.1. The molecule has 78 heavy (non-hydrogen) atoms. The molecule has 0 spiro atoms. The summed E-state index contributed by atoms with van der Waals surface area (Å²) in [6, 6.07) is -0.541. The summed E-state index contributed by atoms with van der Waals surface area (Å²) in [7, 11) is 0. The van der Waals surface area contributed by atoms with E-state index in [9.17, 15) is 19.8 Å². The molecule has 0 aromatic carbocycles. The van der Waals surface area contributed by atoms with Crippen LogP contribution in [0.5, 0.6) is 0 Å². The van der Waals surface area contributed by atoms with Gasteiger partial charge in [-0.1, -0.05) is 360 Å². The lowest BCUT2D eigenvalue weighted by Gasteiger charge is -2.22. The van der Waals surface area contributed by atoms with Gasteiger partial charge >= 0.3 is 5.97 Å². The van der Waals surface area contributed by atoms with Crippen molar-refractivity contribution in [3.63, 3.8) is 0 Å². The van der Waals surface area contributed by atoms with Crippen LogP contribution >= 0.6 is 0 Å². The second-order valence-electron chi connectivity index (χ2n) is 24.9. The molecule has 0 heterocycles. The highest BCUT2D eigenvalue weighted by atomic mass is 16.5. The fourth-order valence-corrected chi connectivity index (χ4v) is 11.6. The number of esters is 1. The molecule has 0 aromatic rings. The molecule has 0 bridgehead atoms. The lowest BCUT2D eigenvalue weighted by Crippen LogP contribution is -2.45. The number of carbonyl (C=O) groups is 2. The Hall–Kier alpha value is -1.40. The smallest absolute Gasteiger partial charge is 0.305 e. The monoisotopic (exact) mass is 1100 g/mol. The van der Waals surface area contributed by atoms with Gasteiger partial charge in [-0.25, -0.2) is 0 Å².